The third-order valence-electron chi connectivity index (χ3n) is 4.45. The van der Waals surface area contributed by atoms with E-state index in [2.05, 4.69) is 0 Å². The summed E-state index contributed by atoms with van der Waals surface area (Å²) >= 11 is 7.94. The third-order valence-corrected chi connectivity index (χ3v) is 6.65. The van der Waals surface area contributed by atoms with Crippen molar-refractivity contribution in [3.63, 3.8) is 0 Å². The Balaban J connectivity index is 1.81. The zero-order valence-corrected chi connectivity index (χ0v) is 17.9. The number of amides is 1. The van der Waals surface area contributed by atoms with Crippen molar-refractivity contribution < 1.29 is 14.7 Å². The molecule has 10 heteroatoms. The molecule has 0 saturated carbocycles. The van der Waals surface area contributed by atoms with Crippen LogP contribution in [-0.4, -0.2) is 37.1 Å². The van der Waals surface area contributed by atoms with Gasteiger partial charge in [0.15, 0.2) is 5.78 Å². The number of thioether (sulfide) groups is 1. The number of thiophene rings is 1. The number of rotatable bonds is 5. The first kappa shape index (κ1) is 21.0. The molecular weight excluding hydrogens is 430 g/mol. The van der Waals surface area contributed by atoms with Crippen LogP contribution in [0.4, 0.5) is 0 Å². The predicted octanol–water partition coefficient (Wildman–Crippen LogP) is 2.81. The van der Waals surface area contributed by atoms with Crippen molar-refractivity contribution in [1.82, 2.24) is 9.47 Å². The topological polar surface area (TPSA) is 103 Å². The molecule has 0 aliphatic carbocycles. The van der Waals surface area contributed by atoms with E-state index in [1.54, 1.807) is 12.1 Å². The Bertz CT molecular complexity index is 1160. The molecule has 3 heterocycles. The number of ketones is 1. The van der Waals surface area contributed by atoms with Gasteiger partial charge in [0.1, 0.15) is 16.0 Å². The van der Waals surface area contributed by atoms with Crippen LogP contribution in [0.3, 0.4) is 0 Å². The average Bonchev–Trinajstić information content (AvgIpc) is 3.28. The Kier molecular flexibility index (Phi) is 6.02. The number of hydrogen-bond acceptors (Lipinski definition) is 8. The van der Waals surface area contributed by atoms with Gasteiger partial charge >= 0.3 is 0 Å². The minimum atomic E-state index is -0.672. The van der Waals surface area contributed by atoms with E-state index in [0.717, 1.165) is 9.44 Å². The van der Waals surface area contributed by atoms with Gasteiger partial charge in [-0.05, 0) is 30.0 Å². The van der Waals surface area contributed by atoms with Gasteiger partial charge in [-0.25, -0.2) is 0 Å². The molecular formula is C19H15N3O4S3. The summed E-state index contributed by atoms with van der Waals surface area (Å²) in [5.74, 6) is -1.26. The minimum absolute atomic E-state index is 0.0366. The van der Waals surface area contributed by atoms with E-state index in [4.69, 9.17) is 12.2 Å². The fraction of sp³-hybridized carbons (Fsp3) is 0.211. The molecule has 148 valence electrons. The van der Waals surface area contributed by atoms with E-state index < -0.39 is 17.2 Å². The number of carbonyl (C=O) groups is 2. The van der Waals surface area contributed by atoms with E-state index in [9.17, 15) is 24.8 Å². The fourth-order valence-corrected chi connectivity index (χ4v) is 4.92. The molecule has 1 aliphatic heterocycles. The van der Waals surface area contributed by atoms with E-state index >= 15 is 0 Å². The molecule has 29 heavy (non-hydrogen) atoms. The molecule has 1 saturated heterocycles. The highest BCUT2D eigenvalue weighted by atomic mass is 32.2. The SMILES string of the molecule is Cc1c(C(=O)CCN2C(=O)/C(=C/c3cccs3)SC2=S)c(O)n(C)c(=O)c1C#N. The Labute approximate surface area is 179 Å². The van der Waals surface area contributed by atoms with E-state index in [0.29, 0.717) is 9.23 Å². The second-order valence-corrected chi connectivity index (χ2v) is 8.85. The number of pyridine rings is 1. The summed E-state index contributed by atoms with van der Waals surface area (Å²) in [7, 11) is 1.28. The van der Waals surface area contributed by atoms with Crippen molar-refractivity contribution in [3.05, 3.63) is 54.3 Å². The zero-order chi connectivity index (χ0) is 21.3. The second-order valence-electron chi connectivity index (χ2n) is 6.20. The van der Waals surface area contributed by atoms with Gasteiger partial charge < -0.3 is 5.11 Å². The van der Waals surface area contributed by atoms with E-state index in [1.165, 1.54) is 42.0 Å². The fourth-order valence-electron chi connectivity index (χ4n) is 2.88. The molecule has 0 atom stereocenters. The van der Waals surface area contributed by atoms with Crippen molar-refractivity contribution in [2.75, 3.05) is 6.54 Å². The van der Waals surface area contributed by atoms with Gasteiger partial charge in [-0.15, -0.1) is 11.3 Å². The van der Waals surface area contributed by atoms with Crippen LogP contribution in [-0.2, 0) is 11.8 Å². The van der Waals surface area contributed by atoms with Crippen LogP contribution in [0, 0.1) is 18.3 Å². The van der Waals surface area contributed by atoms with Crippen molar-refractivity contribution in [3.8, 4) is 11.9 Å². The summed E-state index contributed by atoms with van der Waals surface area (Å²) < 4.78 is 1.21. The lowest BCUT2D eigenvalue weighted by molar-refractivity contribution is -0.122. The maximum absolute atomic E-state index is 12.7. The molecule has 1 N–H and O–H groups in total. The van der Waals surface area contributed by atoms with Gasteiger partial charge in [-0.3, -0.25) is 23.9 Å². The van der Waals surface area contributed by atoms with Gasteiger partial charge in [0.05, 0.1) is 10.5 Å². The molecule has 7 nitrogen and oxygen atoms in total. The normalized spacial score (nSPS) is 15.2. The van der Waals surface area contributed by atoms with Crippen LogP contribution >= 0.6 is 35.3 Å². The maximum Gasteiger partial charge on any atom is 0.271 e. The summed E-state index contributed by atoms with van der Waals surface area (Å²) in [5, 5.41) is 21.3. The Morgan fingerprint density at radius 1 is 1.41 bits per heavy atom. The highest BCUT2D eigenvalue weighted by Gasteiger charge is 2.33. The van der Waals surface area contributed by atoms with Gasteiger partial charge in [-0.2, -0.15) is 5.26 Å². The average molecular weight is 446 g/mol. The first-order chi connectivity index (χ1) is 13.8. The minimum Gasteiger partial charge on any atom is -0.494 e. The number of carbonyl (C=O) groups excluding carboxylic acids is 2. The van der Waals surface area contributed by atoms with Crippen LogP contribution in [0.1, 0.15) is 32.8 Å². The first-order valence-corrected chi connectivity index (χ1v) is 10.5. The zero-order valence-electron chi connectivity index (χ0n) is 15.5. The lowest BCUT2D eigenvalue weighted by atomic mass is 10.00. The van der Waals surface area contributed by atoms with E-state index in [1.807, 2.05) is 17.5 Å². The summed E-state index contributed by atoms with van der Waals surface area (Å²) in [6.07, 6.45) is 1.64. The molecule has 1 amide bonds. The molecule has 1 aliphatic rings. The van der Waals surface area contributed by atoms with Crippen LogP contribution in [0.15, 0.2) is 27.2 Å². The molecule has 2 aromatic rings. The predicted molar refractivity (Wildman–Crippen MR) is 116 cm³/mol. The van der Waals surface area contributed by atoms with Crippen LogP contribution in [0.2, 0.25) is 0 Å². The summed E-state index contributed by atoms with van der Waals surface area (Å²) in [6.45, 7) is 1.48. The van der Waals surface area contributed by atoms with Crippen molar-refractivity contribution in [2.24, 2.45) is 7.05 Å². The molecule has 0 radical (unpaired) electrons. The quantitative estimate of drug-likeness (QED) is 0.429. The number of hydrogen-bond donors (Lipinski definition) is 1. The number of nitrogens with zero attached hydrogens (tertiary/aromatic N) is 3. The molecule has 2 aromatic heterocycles. The monoisotopic (exact) mass is 445 g/mol. The maximum atomic E-state index is 12.7. The standard InChI is InChI=1S/C19H15N3O4S3/c1-10-12(9-20)16(24)21(2)18(26)15(10)13(23)5-6-22-17(25)14(29-19(22)27)8-11-4-3-7-28-11/h3-4,7-8,26H,5-6H2,1-2H3/b14-8-. The highest BCUT2D eigenvalue weighted by molar-refractivity contribution is 8.26. The molecule has 1 fully saturated rings. The molecule has 3 rings (SSSR count). The van der Waals surface area contributed by atoms with Gasteiger partial charge in [-0.1, -0.05) is 30.0 Å². The lowest BCUT2D eigenvalue weighted by Crippen LogP contribution is -2.31. The van der Waals surface area contributed by atoms with Gasteiger partial charge in [0.2, 0.25) is 5.88 Å². The van der Waals surface area contributed by atoms with Crippen molar-refractivity contribution in [1.29, 1.82) is 5.26 Å². The number of nitriles is 1. The van der Waals surface area contributed by atoms with Crippen molar-refractivity contribution >= 4 is 57.4 Å². The Hall–Kier alpha value is -2.74. The summed E-state index contributed by atoms with van der Waals surface area (Å²) in [5.41, 5.74) is -0.836. The number of thiocarbonyl (C=S) groups is 1. The molecule has 0 unspecified atom stereocenters. The lowest BCUT2D eigenvalue weighted by Gasteiger charge is -2.16. The van der Waals surface area contributed by atoms with Crippen LogP contribution in [0.5, 0.6) is 5.88 Å². The van der Waals surface area contributed by atoms with Gasteiger partial charge in [0, 0.05) is 24.9 Å². The summed E-state index contributed by atoms with van der Waals surface area (Å²) in [6, 6.07) is 5.54. The third kappa shape index (κ3) is 3.89. The molecule has 0 spiro atoms. The summed E-state index contributed by atoms with van der Waals surface area (Å²) in [4.78, 5) is 40.2. The first-order valence-electron chi connectivity index (χ1n) is 8.41. The largest absolute Gasteiger partial charge is 0.494 e. The smallest absolute Gasteiger partial charge is 0.271 e. The molecule has 0 aromatic carbocycles. The number of Topliss-reactive ketones (excluding diaryl/α,β-unsaturated/α-hetero) is 1. The number of aromatic hydroxyl groups is 1. The van der Waals surface area contributed by atoms with Crippen LogP contribution < -0.4 is 5.56 Å². The van der Waals surface area contributed by atoms with Crippen molar-refractivity contribution in [2.45, 2.75) is 13.3 Å². The van der Waals surface area contributed by atoms with Gasteiger partial charge in [0.25, 0.3) is 11.5 Å². The Morgan fingerprint density at radius 3 is 2.76 bits per heavy atom. The van der Waals surface area contributed by atoms with Crippen LogP contribution in [0.25, 0.3) is 6.08 Å². The molecule has 0 bridgehead atoms. The second kappa shape index (κ2) is 8.32. The highest BCUT2D eigenvalue weighted by Crippen LogP contribution is 2.33. The van der Waals surface area contributed by atoms with E-state index in [-0.39, 0.29) is 35.6 Å². The Morgan fingerprint density at radius 2 is 2.14 bits per heavy atom. The number of aromatic nitrogens is 1.